The highest BCUT2D eigenvalue weighted by atomic mass is 14.0. The Hall–Kier alpha value is -0.780. The third-order valence-electron chi connectivity index (χ3n) is 3.00. The zero-order valence-electron chi connectivity index (χ0n) is 12.0. The molecule has 98 valence electrons. The minimum atomic E-state index is 0.969. The lowest BCUT2D eigenvalue weighted by Gasteiger charge is -2.08. The molecular weight excluding hydrogens is 204 g/mol. The molecule has 1 aromatic rings. The van der Waals surface area contributed by atoms with Crippen LogP contribution in [-0.4, -0.2) is 0 Å². The van der Waals surface area contributed by atoms with E-state index < -0.39 is 0 Å². The van der Waals surface area contributed by atoms with Gasteiger partial charge in [-0.15, -0.1) is 0 Å². The minimum Gasteiger partial charge on any atom is -0.0654 e. The maximum Gasteiger partial charge on any atom is -0.0443 e. The van der Waals surface area contributed by atoms with Crippen molar-refractivity contribution in [1.29, 1.82) is 0 Å². The first-order chi connectivity index (χ1) is 8.31. The summed E-state index contributed by atoms with van der Waals surface area (Å²) in [5, 5.41) is 0. The Morgan fingerprint density at radius 1 is 0.647 bits per heavy atom. The Labute approximate surface area is 108 Å². The Morgan fingerprint density at radius 3 is 1.59 bits per heavy atom. The molecule has 0 amide bonds. The molecule has 0 N–H and O–H groups in total. The number of benzene rings is 1. The molecule has 0 aliphatic carbocycles. The molecule has 0 nitrogen and oxygen atoms in total. The molecule has 17 heavy (non-hydrogen) atoms. The molecular formula is C17H30. The van der Waals surface area contributed by atoms with E-state index in [0.717, 1.165) is 5.92 Å². The number of unbranched alkanes of at least 4 members (excludes halogenated alkanes) is 3. The van der Waals surface area contributed by atoms with Gasteiger partial charge in [-0.3, -0.25) is 0 Å². The molecule has 0 saturated heterocycles. The fourth-order valence-corrected chi connectivity index (χ4v) is 1.94. The summed E-state index contributed by atoms with van der Waals surface area (Å²) in [6.45, 7) is 6.94. The molecule has 0 aliphatic rings. The molecule has 0 heterocycles. The summed E-state index contributed by atoms with van der Waals surface area (Å²) in [6.07, 6.45) is 9.93. The van der Waals surface area contributed by atoms with Crippen molar-refractivity contribution in [2.24, 2.45) is 5.92 Å². The van der Waals surface area contributed by atoms with Crippen LogP contribution < -0.4 is 0 Å². The molecule has 0 bridgehead atoms. The quantitative estimate of drug-likeness (QED) is 0.501. The van der Waals surface area contributed by atoms with Gasteiger partial charge in [0.1, 0.15) is 0 Å². The van der Waals surface area contributed by atoms with Crippen LogP contribution in [0.3, 0.4) is 0 Å². The molecule has 0 heteroatoms. The van der Waals surface area contributed by atoms with Crippen LogP contribution in [0.1, 0.15) is 65.7 Å². The lowest BCUT2D eigenvalue weighted by molar-refractivity contribution is 0.455. The summed E-state index contributed by atoms with van der Waals surface area (Å²) >= 11 is 0. The van der Waals surface area contributed by atoms with E-state index in [1.54, 1.807) is 0 Å². The average molecular weight is 234 g/mol. The summed E-state index contributed by atoms with van der Waals surface area (Å²) < 4.78 is 0. The van der Waals surface area contributed by atoms with Gasteiger partial charge >= 0.3 is 0 Å². The molecule has 0 fully saturated rings. The maximum atomic E-state index is 2.38. The molecule has 0 spiro atoms. The minimum absolute atomic E-state index is 0.969. The maximum absolute atomic E-state index is 2.38. The van der Waals surface area contributed by atoms with E-state index in [1.807, 2.05) is 36.4 Å². The van der Waals surface area contributed by atoms with Crippen LogP contribution in [0, 0.1) is 5.92 Å². The zero-order valence-corrected chi connectivity index (χ0v) is 12.0. The van der Waals surface area contributed by atoms with Crippen molar-refractivity contribution in [3.63, 3.8) is 0 Å². The normalized spacial score (nSPS) is 11.5. The molecule has 1 aromatic carbocycles. The Morgan fingerprint density at radius 2 is 1.18 bits per heavy atom. The van der Waals surface area contributed by atoms with E-state index in [2.05, 4.69) is 20.8 Å². The summed E-state index contributed by atoms with van der Waals surface area (Å²) in [5.41, 5.74) is 0. The lowest BCUT2D eigenvalue weighted by Crippen LogP contribution is -1.93. The molecule has 1 rings (SSSR count). The molecule has 0 saturated carbocycles. The van der Waals surface area contributed by atoms with E-state index in [0.29, 0.717) is 0 Å². The molecule has 0 aliphatic heterocycles. The summed E-state index contributed by atoms with van der Waals surface area (Å²) in [4.78, 5) is 0. The highest BCUT2D eigenvalue weighted by Crippen LogP contribution is 2.14. The van der Waals surface area contributed by atoms with Gasteiger partial charge in [-0.2, -0.15) is 0 Å². The van der Waals surface area contributed by atoms with Gasteiger partial charge in [0, 0.05) is 0 Å². The van der Waals surface area contributed by atoms with Crippen molar-refractivity contribution in [3.8, 4) is 0 Å². The van der Waals surface area contributed by atoms with E-state index >= 15 is 0 Å². The first-order valence-electron chi connectivity index (χ1n) is 7.31. The van der Waals surface area contributed by atoms with Crippen molar-refractivity contribution in [2.45, 2.75) is 65.7 Å². The van der Waals surface area contributed by atoms with Crippen molar-refractivity contribution in [1.82, 2.24) is 0 Å². The summed E-state index contributed by atoms with van der Waals surface area (Å²) in [7, 11) is 0. The van der Waals surface area contributed by atoms with E-state index in [-0.39, 0.29) is 0 Å². The molecule has 1 unspecified atom stereocenters. The van der Waals surface area contributed by atoms with Crippen LogP contribution in [0.25, 0.3) is 0 Å². The Kier molecular flexibility index (Phi) is 12.7. The molecule has 1 atom stereocenters. The predicted octanol–water partition coefficient (Wildman–Crippen LogP) is 6.08. The van der Waals surface area contributed by atoms with E-state index in [4.69, 9.17) is 0 Å². The van der Waals surface area contributed by atoms with Crippen LogP contribution in [0.15, 0.2) is 36.4 Å². The second-order valence-corrected chi connectivity index (χ2v) is 4.90. The zero-order chi connectivity index (χ0) is 12.8. The Balaban J connectivity index is 0.000000354. The SMILES string of the molecule is CCCCCCC(C)CCC.c1ccccc1. The second-order valence-electron chi connectivity index (χ2n) is 4.90. The summed E-state index contributed by atoms with van der Waals surface area (Å²) in [5.74, 6) is 0.969. The van der Waals surface area contributed by atoms with Gasteiger partial charge in [0.15, 0.2) is 0 Å². The molecule has 0 aromatic heterocycles. The average Bonchev–Trinajstić information content (AvgIpc) is 2.38. The van der Waals surface area contributed by atoms with Crippen molar-refractivity contribution < 1.29 is 0 Å². The van der Waals surface area contributed by atoms with Crippen molar-refractivity contribution in [3.05, 3.63) is 36.4 Å². The van der Waals surface area contributed by atoms with Crippen LogP contribution in [0.4, 0.5) is 0 Å². The van der Waals surface area contributed by atoms with Gasteiger partial charge < -0.3 is 0 Å². The van der Waals surface area contributed by atoms with Crippen molar-refractivity contribution in [2.75, 3.05) is 0 Å². The molecule has 0 radical (unpaired) electrons. The van der Waals surface area contributed by atoms with Crippen molar-refractivity contribution >= 4 is 0 Å². The lowest BCUT2D eigenvalue weighted by atomic mass is 9.98. The fourth-order valence-electron chi connectivity index (χ4n) is 1.94. The number of hydrogen-bond acceptors (Lipinski definition) is 0. The summed E-state index contributed by atoms with van der Waals surface area (Å²) in [6, 6.07) is 12.0. The first-order valence-corrected chi connectivity index (χ1v) is 7.31. The number of hydrogen-bond donors (Lipinski definition) is 0. The van der Waals surface area contributed by atoms with Crippen LogP contribution in [-0.2, 0) is 0 Å². The number of rotatable bonds is 7. The first kappa shape index (κ1) is 16.2. The van der Waals surface area contributed by atoms with Gasteiger partial charge in [0.05, 0.1) is 0 Å². The Bertz CT molecular complexity index is 188. The smallest absolute Gasteiger partial charge is 0.0443 e. The monoisotopic (exact) mass is 234 g/mol. The second kappa shape index (κ2) is 13.3. The van der Waals surface area contributed by atoms with Crippen LogP contribution in [0.2, 0.25) is 0 Å². The fraction of sp³-hybridized carbons (Fsp3) is 0.647. The predicted molar refractivity (Wildman–Crippen MR) is 79.3 cm³/mol. The van der Waals surface area contributed by atoms with Gasteiger partial charge in [0.2, 0.25) is 0 Å². The topological polar surface area (TPSA) is 0 Å². The van der Waals surface area contributed by atoms with Gasteiger partial charge in [-0.1, -0.05) is 102 Å². The van der Waals surface area contributed by atoms with Gasteiger partial charge in [-0.25, -0.2) is 0 Å². The highest BCUT2D eigenvalue weighted by Gasteiger charge is 1.98. The van der Waals surface area contributed by atoms with E-state index in [1.165, 1.54) is 44.9 Å². The highest BCUT2D eigenvalue weighted by molar-refractivity contribution is 4.99. The third-order valence-corrected chi connectivity index (χ3v) is 3.00. The van der Waals surface area contributed by atoms with E-state index in [9.17, 15) is 0 Å². The largest absolute Gasteiger partial charge is 0.0654 e. The van der Waals surface area contributed by atoms with Crippen LogP contribution in [0.5, 0.6) is 0 Å². The standard InChI is InChI=1S/C11H24.C6H6/c1-4-6-7-8-10-11(3)9-5-2;1-2-4-6-5-3-1/h11H,4-10H2,1-3H3;1-6H. The third kappa shape index (κ3) is 13.2. The van der Waals surface area contributed by atoms with Gasteiger partial charge in [-0.05, 0) is 5.92 Å². The van der Waals surface area contributed by atoms with Gasteiger partial charge in [0.25, 0.3) is 0 Å². The van der Waals surface area contributed by atoms with Crippen LogP contribution >= 0.6 is 0 Å².